The average molecular weight is 235 g/mol. The molecule has 2 N–H and O–H groups in total. The van der Waals surface area contributed by atoms with Crippen LogP contribution in [0.25, 0.3) is 0 Å². The first kappa shape index (κ1) is 10.9. The van der Waals surface area contributed by atoms with Crippen molar-refractivity contribution < 1.29 is 9.13 Å². The summed E-state index contributed by atoms with van der Waals surface area (Å²) in [6.45, 7) is 0.655. The van der Waals surface area contributed by atoms with E-state index in [1.165, 1.54) is 31.7 Å². The van der Waals surface area contributed by atoms with Gasteiger partial charge in [-0.05, 0) is 49.1 Å². The number of nitrogens with two attached hydrogens (primary N) is 1. The smallest absolute Gasteiger partial charge is 0.167 e. The highest BCUT2D eigenvalue weighted by molar-refractivity contribution is 5.42. The third-order valence-electron chi connectivity index (χ3n) is 4.29. The number of fused-ring (bicyclic) bond motifs is 2. The van der Waals surface area contributed by atoms with Crippen LogP contribution in [0.2, 0.25) is 0 Å². The molecule has 2 fully saturated rings. The average Bonchev–Trinajstić information content (AvgIpc) is 2.89. The first-order chi connectivity index (χ1) is 8.22. The van der Waals surface area contributed by atoms with E-state index in [2.05, 4.69) is 0 Å². The third kappa shape index (κ3) is 2.11. The summed E-state index contributed by atoms with van der Waals surface area (Å²) in [5, 5.41) is 0. The normalized spacial score (nSPS) is 30.8. The monoisotopic (exact) mass is 235 g/mol. The van der Waals surface area contributed by atoms with Gasteiger partial charge in [0.15, 0.2) is 11.6 Å². The molecule has 92 valence electrons. The van der Waals surface area contributed by atoms with E-state index in [-0.39, 0.29) is 5.82 Å². The summed E-state index contributed by atoms with van der Waals surface area (Å²) in [7, 11) is 0. The molecule has 3 rings (SSSR count). The van der Waals surface area contributed by atoms with Crippen LogP contribution in [-0.4, -0.2) is 6.61 Å². The largest absolute Gasteiger partial charge is 0.490 e. The maximum atomic E-state index is 13.5. The van der Waals surface area contributed by atoms with Crippen LogP contribution in [0.15, 0.2) is 18.2 Å². The Morgan fingerprint density at radius 2 is 2.18 bits per heavy atom. The Morgan fingerprint density at radius 3 is 2.82 bits per heavy atom. The minimum Gasteiger partial charge on any atom is -0.490 e. The van der Waals surface area contributed by atoms with Gasteiger partial charge >= 0.3 is 0 Å². The van der Waals surface area contributed by atoms with Crippen LogP contribution < -0.4 is 10.5 Å². The quantitative estimate of drug-likeness (QED) is 0.816. The minimum atomic E-state index is -0.354. The summed E-state index contributed by atoms with van der Waals surface area (Å²) in [5.74, 6) is 2.34. The Kier molecular flexibility index (Phi) is 2.69. The summed E-state index contributed by atoms with van der Waals surface area (Å²) < 4.78 is 19.1. The SMILES string of the molecule is Nc1ccc(OCC2CC3CCC2C3)c(F)c1. The Balaban J connectivity index is 1.60. The lowest BCUT2D eigenvalue weighted by Crippen LogP contribution is -2.18. The van der Waals surface area contributed by atoms with Gasteiger partial charge in [-0.25, -0.2) is 4.39 Å². The van der Waals surface area contributed by atoms with E-state index in [1.807, 2.05) is 0 Å². The Bertz CT molecular complexity index is 421. The zero-order chi connectivity index (χ0) is 11.8. The fourth-order valence-electron chi connectivity index (χ4n) is 3.41. The molecule has 2 nitrogen and oxygen atoms in total. The van der Waals surface area contributed by atoms with Crippen LogP contribution in [-0.2, 0) is 0 Å². The van der Waals surface area contributed by atoms with Gasteiger partial charge < -0.3 is 10.5 Å². The maximum Gasteiger partial charge on any atom is 0.167 e. The number of rotatable bonds is 3. The van der Waals surface area contributed by atoms with Crippen molar-refractivity contribution in [3.8, 4) is 5.75 Å². The van der Waals surface area contributed by atoms with E-state index in [0.29, 0.717) is 24.0 Å². The second-order valence-corrected chi connectivity index (χ2v) is 5.44. The Labute approximate surface area is 101 Å². The predicted molar refractivity (Wildman–Crippen MR) is 65.2 cm³/mol. The van der Waals surface area contributed by atoms with Gasteiger partial charge in [0.25, 0.3) is 0 Å². The molecule has 3 atom stereocenters. The number of anilines is 1. The third-order valence-corrected chi connectivity index (χ3v) is 4.29. The summed E-state index contributed by atoms with van der Waals surface area (Å²) in [6, 6.07) is 4.62. The van der Waals surface area contributed by atoms with Gasteiger partial charge in [-0.3, -0.25) is 0 Å². The van der Waals surface area contributed by atoms with Crippen LogP contribution in [0, 0.1) is 23.6 Å². The molecule has 3 heteroatoms. The number of halogens is 1. The molecule has 0 aromatic heterocycles. The van der Waals surface area contributed by atoms with Gasteiger partial charge in [-0.2, -0.15) is 0 Å². The molecule has 2 bridgehead atoms. The van der Waals surface area contributed by atoms with Crippen molar-refractivity contribution in [3.05, 3.63) is 24.0 Å². The molecule has 2 aliphatic carbocycles. The van der Waals surface area contributed by atoms with Crippen LogP contribution in [0.1, 0.15) is 25.7 Å². The van der Waals surface area contributed by atoms with Crippen molar-refractivity contribution in [1.29, 1.82) is 0 Å². The van der Waals surface area contributed by atoms with Crippen molar-refractivity contribution in [2.75, 3.05) is 12.3 Å². The number of hydrogen-bond donors (Lipinski definition) is 1. The van der Waals surface area contributed by atoms with Gasteiger partial charge in [-0.15, -0.1) is 0 Å². The first-order valence-electron chi connectivity index (χ1n) is 6.40. The van der Waals surface area contributed by atoms with Gasteiger partial charge in [0, 0.05) is 11.8 Å². The highest BCUT2D eigenvalue weighted by Gasteiger charge is 2.39. The highest BCUT2D eigenvalue weighted by Crippen LogP contribution is 2.48. The fraction of sp³-hybridized carbons (Fsp3) is 0.571. The second kappa shape index (κ2) is 4.21. The van der Waals surface area contributed by atoms with Gasteiger partial charge in [0.05, 0.1) is 6.61 Å². The van der Waals surface area contributed by atoms with Crippen molar-refractivity contribution in [1.82, 2.24) is 0 Å². The van der Waals surface area contributed by atoms with E-state index in [4.69, 9.17) is 10.5 Å². The van der Waals surface area contributed by atoms with Gasteiger partial charge in [0.2, 0.25) is 0 Å². The lowest BCUT2D eigenvalue weighted by Gasteiger charge is -2.21. The number of benzene rings is 1. The van der Waals surface area contributed by atoms with Crippen LogP contribution >= 0.6 is 0 Å². The van der Waals surface area contributed by atoms with Gasteiger partial charge in [0.1, 0.15) is 0 Å². The number of nitrogen functional groups attached to an aromatic ring is 1. The molecular formula is C14H18FNO. The van der Waals surface area contributed by atoms with Crippen molar-refractivity contribution >= 4 is 5.69 Å². The summed E-state index contributed by atoms with van der Waals surface area (Å²) in [5.41, 5.74) is 5.94. The lowest BCUT2D eigenvalue weighted by atomic mass is 9.89. The lowest BCUT2D eigenvalue weighted by molar-refractivity contribution is 0.189. The first-order valence-corrected chi connectivity index (χ1v) is 6.40. The molecule has 17 heavy (non-hydrogen) atoms. The van der Waals surface area contributed by atoms with Crippen molar-refractivity contribution in [2.45, 2.75) is 25.7 Å². The number of ether oxygens (including phenoxy) is 1. The highest BCUT2D eigenvalue weighted by atomic mass is 19.1. The summed E-state index contributed by atoms with van der Waals surface area (Å²) in [6.07, 6.45) is 5.35. The van der Waals surface area contributed by atoms with E-state index in [0.717, 1.165) is 11.8 Å². The zero-order valence-corrected chi connectivity index (χ0v) is 9.86. The molecule has 0 heterocycles. The number of hydrogen-bond acceptors (Lipinski definition) is 2. The van der Waals surface area contributed by atoms with E-state index < -0.39 is 0 Å². The summed E-state index contributed by atoms with van der Waals surface area (Å²) >= 11 is 0. The van der Waals surface area contributed by atoms with Gasteiger partial charge in [-0.1, -0.05) is 6.42 Å². The molecule has 0 aliphatic heterocycles. The van der Waals surface area contributed by atoms with E-state index in [1.54, 1.807) is 12.1 Å². The standard InChI is InChI=1S/C14H18FNO/c15-13-7-12(16)3-4-14(13)17-8-11-6-9-1-2-10(11)5-9/h3-4,7,9-11H,1-2,5-6,8,16H2. The molecule has 0 spiro atoms. The van der Waals surface area contributed by atoms with Crippen molar-refractivity contribution in [3.63, 3.8) is 0 Å². The minimum absolute atomic E-state index is 0.335. The molecule has 0 radical (unpaired) electrons. The predicted octanol–water partition coefficient (Wildman–Crippen LogP) is 3.22. The molecule has 0 saturated heterocycles. The maximum absolute atomic E-state index is 13.5. The van der Waals surface area contributed by atoms with E-state index >= 15 is 0 Å². The molecular weight excluding hydrogens is 217 g/mol. The van der Waals surface area contributed by atoms with Crippen molar-refractivity contribution in [2.24, 2.45) is 17.8 Å². The van der Waals surface area contributed by atoms with Crippen LogP contribution in [0.4, 0.5) is 10.1 Å². The molecule has 0 amide bonds. The summed E-state index contributed by atoms with van der Waals surface area (Å²) in [4.78, 5) is 0. The second-order valence-electron chi connectivity index (χ2n) is 5.44. The molecule has 3 unspecified atom stereocenters. The Morgan fingerprint density at radius 1 is 1.29 bits per heavy atom. The zero-order valence-electron chi connectivity index (χ0n) is 9.86. The topological polar surface area (TPSA) is 35.2 Å². The van der Waals surface area contributed by atoms with Crippen LogP contribution in [0.5, 0.6) is 5.75 Å². The molecule has 1 aromatic carbocycles. The Hall–Kier alpha value is -1.25. The fourth-order valence-corrected chi connectivity index (χ4v) is 3.41. The van der Waals surface area contributed by atoms with E-state index in [9.17, 15) is 4.39 Å². The molecule has 1 aromatic rings. The van der Waals surface area contributed by atoms with Crippen LogP contribution in [0.3, 0.4) is 0 Å². The molecule has 2 aliphatic rings. The molecule has 2 saturated carbocycles.